The molecule has 0 saturated heterocycles. The second-order valence-electron chi connectivity index (χ2n) is 6.18. The Labute approximate surface area is 125 Å². The number of benzene rings is 1. The summed E-state index contributed by atoms with van der Waals surface area (Å²) < 4.78 is 0. The summed E-state index contributed by atoms with van der Waals surface area (Å²) in [5.41, 5.74) is 0.297. The molecule has 0 radical (unpaired) electrons. The molecule has 1 aliphatic rings. The van der Waals surface area contributed by atoms with Crippen LogP contribution in [0.2, 0.25) is 0 Å². The summed E-state index contributed by atoms with van der Waals surface area (Å²) in [7, 11) is 0. The van der Waals surface area contributed by atoms with Crippen LogP contribution in [0.1, 0.15) is 51.0 Å². The first-order valence-corrected chi connectivity index (χ1v) is 7.54. The predicted octanol–water partition coefficient (Wildman–Crippen LogP) is 2.94. The number of hydrogen-bond donors (Lipinski definition) is 2. The van der Waals surface area contributed by atoms with Gasteiger partial charge in [0.15, 0.2) is 0 Å². The van der Waals surface area contributed by atoms with Crippen molar-refractivity contribution in [1.29, 1.82) is 0 Å². The van der Waals surface area contributed by atoms with Gasteiger partial charge in [0, 0.05) is 0 Å². The molecule has 0 spiro atoms. The smallest absolute Gasteiger partial charge is 0.308 e. The summed E-state index contributed by atoms with van der Waals surface area (Å²) in [6.07, 6.45) is 3.22. The van der Waals surface area contributed by atoms with Crippen molar-refractivity contribution in [2.75, 3.05) is 0 Å². The largest absolute Gasteiger partial charge is 0.481 e. The van der Waals surface area contributed by atoms with E-state index in [4.69, 9.17) is 0 Å². The molecule has 1 fully saturated rings. The number of nitrogens with one attached hydrogen (secondary N) is 1. The van der Waals surface area contributed by atoms with E-state index in [1.807, 2.05) is 44.2 Å². The zero-order valence-electron chi connectivity index (χ0n) is 12.6. The highest BCUT2D eigenvalue weighted by molar-refractivity contribution is 5.85. The van der Waals surface area contributed by atoms with Gasteiger partial charge in [0.05, 0.1) is 17.4 Å². The van der Waals surface area contributed by atoms with E-state index >= 15 is 0 Å². The number of rotatable bonds is 4. The average Bonchev–Trinajstić information content (AvgIpc) is 2.47. The van der Waals surface area contributed by atoms with Crippen LogP contribution in [0.4, 0.5) is 0 Å². The van der Waals surface area contributed by atoms with Crippen LogP contribution in [0.5, 0.6) is 0 Å². The van der Waals surface area contributed by atoms with Crippen molar-refractivity contribution in [3.8, 4) is 0 Å². The summed E-state index contributed by atoms with van der Waals surface area (Å²) in [5.74, 6) is -1.70. The first-order valence-electron chi connectivity index (χ1n) is 7.54. The Morgan fingerprint density at radius 1 is 1.29 bits per heavy atom. The molecule has 1 aromatic rings. The van der Waals surface area contributed by atoms with Gasteiger partial charge in [-0.15, -0.1) is 0 Å². The number of carbonyl (C=O) groups is 2. The lowest BCUT2D eigenvalue weighted by Gasteiger charge is -2.40. The zero-order chi connectivity index (χ0) is 15.5. The molecule has 1 amide bonds. The lowest BCUT2D eigenvalue weighted by atomic mass is 9.73. The molecule has 1 aromatic carbocycles. The Bertz CT molecular complexity index is 514. The summed E-state index contributed by atoms with van der Waals surface area (Å²) in [6, 6.07) is 9.56. The van der Waals surface area contributed by atoms with Gasteiger partial charge in [0.2, 0.25) is 5.91 Å². The normalized spacial score (nSPS) is 26.9. The van der Waals surface area contributed by atoms with Crippen molar-refractivity contribution in [2.24, 2.45) is 5.92 Å². The van der Waals surface area contributed by atoms with E-state index in [9.17, 15) is 14.7 Å². The van der Waals surface area contributed by atoms with Crippen molar-refractivity contribution < 1.29 is 14.7 Å². The third-order valence-corrected chi connectivity index (χ3v) is 4.61. The molecule has 0 heterocycles. The fourth-order valence-electron chi connectivity index (χ4n) is 3.16. The summed E-state index contributed by atoms with van der Waals surface area (Å²) in [5, 5.41) is 12.4. The first kappa shape index (κ1) is 15.5. The van der Waals surface area contributed by atoms with Gasteiger partial charge in [-0.1, -0.05) is 43.2 Å². The van der Waals surface area contributed by atoms with E-state index in [-0.39, 0.29) is 11.8 Å². The van der Waals surface area contributed by atoms with E-state index in [1.165, 1.54) is 0 Å². The average molecular weight is 289 g/mol. The monoisotopic (exact) mass is 289 g/mol. The number of aliphatic carboxylic acids is 1. The highest BCUT2D eigenvalue weighted by Gasteiger charge is 2.42. The summed E-state index contributed by atoms with van der Waals surface area (Å²) in [6.45, 7) is 3.72. The van der Waals surface area contributed by atoms with Gasteiger partial charge in [-0.05, 0) is 32.3 Å². The molecule has 1 saturated carbocycles. The number of amides is 1. The van der Waals surface area contributed by atoms with E-state index in [0.29, 0.717) is 6.42 Å². The lowest BCUT2D eigenvalue weighted by Crippen LogP contribution is -2.56. The van der Waals surface area contributed by atoms with Crippen LogP contribution in [0.15, 0.2) is 30.3 Å². The van der Waals surface area contributed by atoms with Gasteiger partial charge in [-0.3, -0.25) is 9.59 Å². The molecule has 4 heteroatoms. The van der Waals surface area contributed by atoms with Crippen LogP contribution in [0, 0.1) is 5.92 Å². The third kappa shape index (κ3) is 3.43. The number of carboxylic acids is 1. The number of carbonyl (C=O) groups excluding carboxylic acids is 1. The standard InChI is InChI=1S/C17H23NO3/c1-12(13-8-4-3-5-9-13)15(19)18-17(2)11-7-6-10-14(17)16(20)21/h3-5,8-9,12,14H,6-7,10-11H2,1-2H3,(H,18,19)(H,20,21)/t12-,14?,17?/m0/s1. The quantitative estimate of drug-likeness (QED) is 0.895. The molecular weight excluding hydrogens is 266 g/mol. The maximum absolute atomic E-state index is 12.5. The fourth-order valence-corrected chi connectivity index (χ4v) is 3.16. The van der Waals surface area contributed by atoms with Crippen molar-refractivity contribution in [2.45, 2.75) is 51.0 Å². The maximum Gasteiger partial charge on any atom is 0.308 e. The minimum atomic E-state index is -0.815. The van der Waals surface area contributed by atoms with Gasteiger partial charge >= 0.3 is 5.97 Å². The van der Waals surface area contributed by atoms with Crippen LogP contribution >= 0.6 is 0 Å². The molecule has 2 N–H and O–H groups in total. The Kier molecular flexibility index (Phi) is 4.66. The Morgan fingerprint density at radius 2 is 1.95 bits per heavy atom. The van der Waals surface area contributed by atoms with E-state index in [2.05, 4.69) is 5.32 Å². The molecule has 3 atom stereocenters. The van der Waals surface area contributed by atoms with Gasteiger partial charge in [-0.2, -0.15) is 0 Å². The van der Waals surface area contributed by atoms with Gasteiger partial charge in [0.25, 0.3) is 0 Å². The molecule has 0 aromatic heterocycles. The Balaban J connectivity index is 2.11. The zero-order valence-corrected chi connectivity index (χ0v) is 12.6. The first-order chi connectivity index (χ1) is 9.94. The van der Waals surface area contributed by atoms with E-state index < -0.39 is 17.4 Å². The van der Waals surface area contributed by atoms with Crippen molar-refractivity contribution in [3.63, 3.8) is 0 Å². The molecular formula is C17H23NO3. The highest BCUT2D eigenvalue weighted by atomic mass is 16.4. The molecule has 21 heavy (non-hydrogen) atoms. The molecule has 1 aliphatic carbocycles. The summed E-state index contributed by atoms with van der Waals surface area (Å²) in [4.78, 5) is 23.9. The predicted molar refractivity (Wildman–Crippen MR) is 81.0 cm³/mol. The van der Waals surface area contributed by atoms with Crippen molar-refractivity contribution >= 4 is 11.9 Å². The van der Waals surface area contributed by atoms with E-state index in [0.717, 1.165) is 24.8 Å². The molecule has 4 nitrogen and oxygen atoms in total. The molecule has 2 unspecified atom stereocenters. The van der Waals surface area contributed by atoms with Crippen LogP contribution in [0.25, 0.3) is 0 Å². The van der Waals surface area contributed by atoms with Gasteiger partial charge in [-0.25, -0.2) is 0 Å². The Morgan fingerprint density at radius 3 is 2.57 bits per heavy atom. The molecule has 114 valence electrons. The fraction of sp³-hybridized carbons (Fsp3) is 0.529. The van der Waals surface area contributed by atoms with Gasteiger partial charge in [0.1, 0.15) is 0 Å². The summed E-state index contributed by atoms with van der Waals surface area (Å²) >= 11 is 0. The highest BCUT2D eigenvalue weighted by Crippen LogP contribution is 2.34. The van der Waals surface area contributed by atoms with E-state index in [1.54, 1.807) is 0 Å². The van der Waals surface area contributed by atoms with Crippen molar-refractivity contribution in [3.05, 3.63) is 35.9 Å². The number of carboxylic acid groups (broad SMARTS) is 1. The number of hydrogen-bond acceptors (Lipinski definition) is 2. The second-order valence-corrected chi connectivity index (χ2v) is 6.18. The Hall–Kier alpha value is -1.84. The van der Waals surface area contributed by atoms with Crippen LogP contribution in [-0.2, 0) is 9.59 Å². The third-order valence-electron chi connectivity index (χ3n) is 4.61. The van der Waals surface area contributed by atoms with Crippen LogP contribution in [-0.4, -0.2) is 22.5 Å². The molecule has 0 aliphatic heterocycles. The van der Waals surface area contributed by atoms with Crippen LogP contribution in [0.3, 0.4) is 0 Å². The molecule has 2 rings (SSSR count). The minimum Gasteiger partial charge on any atom is -0.481 e. The maximum atomic E-state index is 12.5. The molecule has 0 bridgehead atoms. The van der Waals surface area contributed by atoms with Gasteiger partial charge < -0.3 is 10.4 Å². The van der Waals surface area contributed by atoms with Crippen molar-refractivity contribution in [1.82, 2.24) is 5.32 Å². The minimum absolute atomic E-state index is 0.100. The second kappa shape index (κ2) is 6.29. The SMILES string of the molecule is C[C@H](C(=O)NC1(C)CCCCC1C(=O)O)c1ccccc1. The lowest BCUT2D eigenvalue weighted by molar-refractivity contribution is -0.146. The topological polar surface area (TPSA) is 66.4 Å². The van der Waals surface area contributed by atoms with Crippen LogP contribution < -0.4 is 5.32 Å².